The lowest BCUT2D eigenvalue weighted by Gasteiger charge is -2.07. The number of rotatable bonds is 3. The van der Waals surface area contributed by atoms with Crippen LogP contribution < -0.4 is 4.72 Å². The number of amides is 1. The Morgan fingerprint density at radius 1 is 1.18 bits per heavy atom. The van der Waals surface area contributed by atoms with Gasteiger partial charge in [-0.15, -0.1) is 0 Å². The molecule has 1 aromatic rings. The average Bonchev–Trinajstić information content (AvgIpc) is 2.14. The first kappa shape index (κ1) is 13.4. The average molecular weight is 255 g/mol. The highest BCUT2D eigenvalue weighted by molar-refractivity contribution is 7.90. The van der Waals surface area contributed by atoms with E-state index >= 15 is 0 Å². The summed E-state index contributed by atoms with van der Waals surface area (Å²) in [5.74, 6) is -0.788. The van der Waals surface area contributed by atoms with Crippen molar-refractivity contribution in [2.75, 3.05) is 0 Å². The molecule has 17 heavy (non-hydrogen) atoms. The number of Topliss-reactive ketones (excluding diaryl/α,β-unsaturated/α-hetero) is 1. The molecular formula is C11H13NO4S. The van der Waals surface area contributed by atoms with Crippen LogP contribution in [-0.2, 0) is 14.8 Å². The van der Waals surface area contributed by atoms with E-state index in [4.69, 9.17) is 0 Å². The Morgan fingerprint density at radius 3 is 2.18 bits per heavy atom. The molecule has 1 N–H and O–H groups in total. The van der Waals surface area contributed by atoms with Gasteiger partial charge < -0.3 is 0 Å². The van der Waals surface area contributed by atoms with Crippen LogP contribution in [0, 0.1) is 6.92 Å². The van der Waals surface area contributed by atoms with Crippen LogP contribution in [0.2, 0.25) is 0 Å². The molecule has 0 aliphatic carbocycles. The molecule has 0 aromatic heterocycles. The van der Waals surface area contributed by atoms with Gasteiger partial charge in [-0.05, 0) is 37.6 Å². The van der Waals surface area contributed by atoms with Gasteiger partial charge in [0.25, 0.3) is 10.0 Å². The van der Waals surface area contributed by atoms with E-state index in [0.717, 1.165) is 6.92 Å². The van der Waals surface area contributed by atoms with Gasteiger partial charge in [0.1, 0.15) is 0 Å². The highest BCUT2D eigenvalue weighted by atomic mass is 32.2. The maximum atomic E-state index is 11.7. The van der Waals surface area contributed by atoms with Gasteiger partial charge in [0.15, 0.2) is 5.78 Å². The summed E-state index contributed by atoms with van der Waals surface area (Å²) in [6, 6.07) is 4.10. The Hall–Kier alpha value is -1.69. The van der Waals surface area contributed by atoms with Crippen LogP contribution in [0.5, 0.6) is 0 Å². The van der Waals surface area contributed by atoms with Gasteiger partial charge >= 0.3 is 0 Å². The summed E-state index contributed by atoms with van der Waals surface area (Å²) in [6.07, 6.45) is 0. The number of hydrogen-bond donors (Lipinski definition) is 1. The first-order valence-electron chi connectivity index (χ1n) is 4.89. The predicted molar refractivity (Wildman–Crippen MR) is 62.2 cm³/mol. The molecule has 6 heteroatoms. The zero-order valence-corrected chi connectivity index (χ0v) is 10.6. The fraction of sp³-hybridized carbons (Fsp3) is 0.273. The lowest BCUT2D eigenvalue weighted by Crippen LogP contribution is -2.28. The second-order valence-corrected chi connectivity index (χ2v) is 5.38. The number of sulfonamides is 1. The van der Waals surface area contributed by atoms with Crippen LogP contribution >= 0.6 is 0 Å². The van der Waals surface area contributed by atoms with Crippen LogP contribution in [0.25, 0.3) is 0 Å². The molecule has 1 rings (SSSR count). The number of carbonyl (C=O) groups is 2. The van der Waals surface area contributed by atoms with Gasteiger partial charge in [-0.1, -0.05) is 0 Å². The Morgan fingerprint density at radius 2 is 1.76 bits per heavy atom. The molecule has 5 nitrogen and oxygen atoms in total. The molecule has 0 aliphatic rings. The van der Waals surface area contributed by atoms with Crippen molar-refractivity contribution in [2.24, 2.45) is 0 Å². The molecule has 0 spiro atoms. The highest BCUT2D eigenvalue weighted by Crippen LogP contribution is 2.15. The van der Waals surface area contributed by atoms with Crippen LogP contribution in [0.4, 0.5) is 0 Å². The Balaban J connectivity index is 3.23. The molecule has 0 atom stereocenters. The summed E-state index contributed by atoms with van der Waals surface area (Å²) in [6.45, 7) is 4.17. The van der Waals surface area contributed by atoms with Crippen molar-refractivity contribution >= 4 is 21.7 Å². The van der Waals surface area contributed by atoms with Crippen molar-refractivity contribution in [3.8, 4) is 0 Å². The summed E-state index contributed by atoms with van der Waals surface area (Å²) >= 11 is 0. The van der Waals surface area contributed by atoms with Gasteiger partial charge in [0.05, 0.1) is 4.90 Å². The molecule has 0 saturated carbocycles. The number of ketones is 1. The predicted octanol–water partition coefficient (Wildman–Crippen LogP) is 1.02. The van der Waals surface area contributed by atoms with E-state index < -0.39 is 15.9 Å². The van der Waals surface area contributed by atoms with E-state index in [1.807, 2.05) is 4.72 Å². The minimum absolute atomic E-state index is 0.0322. The van der Waals surface area contributed by atoms with Crippen LogP contribution in [0.3, 0.4) is 0 Å². The maximum absolute atomic E-state index is 11.7. The zero-order chi connectivity index (χ0) is 13.2. The summed E-state index contributed by atoms with van der Waals surface area (Å²) < 4.78 is 25.2. The third-order valence-electron chi connectivity index (χ3n) is 2.17. The summed E-state index contributed by atoms with van der Waals surface area (Å²) in [5.41, 5.74) is 1.02. The monoisotopic (exact) mass is 255 g/mol. The van der Waals surface area contributed by atoms with E-state index in [-0.39, 0.29) is 10.7 Å². The van der Waals surface area contributed by atoms with Gasteiger partial charge in [-0.2, -0.15) is 0 Å². The first-order chi connectivity index (χ1) is 7.74. The maximum Gasteiger partial charge on any atom is 0.264 e. The van der Waals surface area contributed by atoms with Crippen molar-refractivity contribution in [3.05, 3.63) is 29.3 Å². The molecule has 0 bridgehead atoms. The Bertz CT molecular complexity index is 575. The van der Waals surface area contributed by atoms with Crippen molar-refractivity contribution in [3.63, 3.8) is 0 Å². The van der Waals surface area contributed by atoms with E-state index in [9.17, 15) is 18.0 Å². The van der Waals surface area contributed by atoms with Crippen LogP contribution in [-0.4, -0.2) is 20.1 Å². The van der Waals surface area contributed by atoms with E-state index in [2.05, 4.69) is 0 Å². The molecule has 1 aromatic carbocycles. The second kappa shape index (κ2) is 4.67. The fourth-order valence-electron chi connectivity index (χ4n) is 1.45. The van der Waals surface area contributed by atoms with Gasteiger partial charge in [0.2, 0.25) is 5.91 Å². The zero-order valence-electron chi connectivity index (χ0n) is 9.77. The quantitative estimate of drug-likeness (QED) is 0.818. The largest absolute Gasteiger partial charge is 0.295 e. The molecule has 0 aliphatic heterocycles. The molecule has 92 valence electrons. The number of carbonyl (C=O) groups excluding carboxylic acids is 2. The number of nitrogens with one attached hydrogen (secondary N) is 1. The van der Waals surface area contributed by atoms with Crippen molar-refractivity contribution in [1.82, 2.24) is 4.72 Å². The standard InChI is InChI=1S/C11H13NO4S/c1-7-6-10(4-5-11(7)8(2)13)17(15,16)12-9(3)14/h4-6H,1-3H3,(H,12,14). The van der Waals surface area contributed by atoms with Crippen molar-refractivity contribution in [1.29, 1.82) is 0 Å². The van der Waals surface area contributed by atoms with Crippen LogP contribution in [0.1, 0.15) is 29.8 Å². The molecule has 0 fully saturated rings. The van der Waals surface area contributed by atoms with E-state index in [1.165, 1.54) is 25.1 Å². The highest BCUT2D eigenvalue weighted by Gasteiger charge is 2.16. The topological polar surface area (TPSA) is 80.3 Å². The summed E-state index contributed by atoms with van der Waals surface area (Å²) in [4.78, 5) is 21.9. The second-order valence-electron chi connectivity index (χ2n) is 3.69. The molecule has 0 unspecified atom stereocenters. The van der Waals surface area contributed by atoms with Crippen molar-refractivity contribution < 1.29 is 18.0 Å². The smallest absolute Gasteiger partial charge is 0.264 e. The summed E-state index contributed by atoms with van der Waals surface area (Å²) in [7, 11) is -3.84. The van der Waals surface area contributed by atoms with E-state index in [1.54, 1.807) is 6.92 Å². The SMILES string of the molecule is CC(=O)NS(=O)(=O)c1ccc(C(C)=O)c(C)c1. The van der Waals surface area contributed by atoms with Gasteiger partial charge in [-0.3, -0.25) is 9.59 Å². The first-order valence-corrected chi connectivity index (χ1v) is 6.37. The third-order valence-corrected chi connectivity index (χ3v) is 3.60. The minimum Gasteiger partial charge on any atom is -0.295 e. The third kappa shape index (κ3) is 3.13. The Kier molecular flexibility index (Phi) is 3.67. The molecule has 0 saturated heterocycles. The number of hydrogen-bond acceptors (Lipinski definition) is 4. The van der Waals surface area contributed by atoms with Gasteiger partial charge in [-0.25, -0.2) is 13.1 Å². The molecule has 1 amide bonds. The minimum atomic E-state index is -3.84. The fourth-order valence-corrected chi connectivity index (χ4v) is 2.52. The number of benzene rings is 1. The summed E-state index contributed by atoms with van der Waals surface area (Å²) in [5, 5.41) is 0. The molecule has 0 radical (unpaired) electrons. The lowest BCUT2D eigenvalue weighted by molar-refractivity contribution is -0.117. The van der Waals surface area contributed by atoms with E-state index in [0.29, 0.717) is 11.1 Å². The van der Waals surface area contributed by atoms with Crippen LogP contribution in [0.15, 0.2) is 23.1 Å². The normalized spacial score (nSPS) is 11.0. The number of aryl methyl sites for hydroxylation is 1. The Labute approximate surface area is 99.9 Å². The molecule has 0 heterocycles. The van der Waals surface area contributed by atoms with Gasteiger partial charge in [0, 0.05) is 12.5 Å². The lowest BCUT2D eigenvalue weighted by atomic mass is 10.1. The van der Waals surface area contributed by atoms with Crippen molar-refractivity contribution in [2.45, 2.75) is 25.7 Å². The molecular weight excluding hydrogens is 242 g/mol.